The quantitative estimate of drug-likeness (QED) is 0.715. The number of alkyl halides is 1. The van der Waals surface area contributed by atoms with Gasteiger partial charge in [0.25, 0.3) is 0 Å². The van der Waals surface area contributed by atoms with E-state index in [9.17, 15) is 10.2 Å². The third-order valence-corrected chi connectivity index (χ3v) is 3.50. The first-order chi connectivity index (χ1) is 6.69. The molecule has 0 radical (unpaired) electrons. The van der Waals surface area contributed by atoms with E-state index in [0.29, 0.717) is 16.6 Å². The highest BCUT2D eigenvalue weighted by Gasteiger charge is 2.19. The van der Waals surface area contributed by atoms with Gasteiger partial charge in [-0.3, -0.25) is 0 Å². The molecule has 14 heavy (non-hydrogen) atoms. The first-order valence-corrected chi connectivity index (χ1v) is 6.24. The maximum Gasteiger partial charge on any atom is 0.114 e. The van der Waals surface area contributed by atoms with E-state index in [4.69, 9.17) is 5.11 Å². The van der Waals surface area contributed by atoms with Crippen molar-refractivity contribution in [3.63, 3.8) is 0 Å². The average molecular weight is 281 g/mol. The summed E-state index contributed by atoms with van der Waals surface area (Å²) >= 11 is 4.52. The molecule has 2 unspecified atom stereocenters. The van der Waals surface area contributed by atoms with Crippen molar-refractivity contribution in [1.29, 1.82) is 0 Å². The molecule has 3 N–H and O–H groups in total. The van der Waals surface area contributed by atoms with Crippen LogP contribution in [0.3, 0.4) is 0 Å². The maximum atomic E-state index is 9.69. The smallest absolute Gasteiger partial charge is 0.114 e. The normalized spacial score (nSPS) is 15.4. The van der Waals surface area contributed by atoms with Crippen LogP contribution in [0, 0.1) is 0 Å². The standard InChI is InChI=1S/C9H13BrO3S/c10-4-3-7(12)9(13)8-2-1-6(5-11)14-8/h1-2,7,9,11-13H,3-5H2. The van der Waals surface area contributed by atoms with E-state index in [2.05, 4.69) is 15.9 Å². The Morgan fingerprint density at radius 3 is 2.57 bits per heavy atom. The molecule has 0 bridgehead atoms. The van der Waals surface area contributed by atoms with Crippen molar-refractivity contribution < 1.29 is 15.3 Å². The van der Waals surface area contributed by atoms with Crippen LogP contribution in [0.4, 0.5) is 0 Å². The van der Waals surface area contributed by atoms with E-state index in [1.54, 1.807) is 12.1 Å². The van der Waals surface area contributed by atoms with Crippen molar-refractivity contribution in [2.45, 2.75) is 25.2 Å². The Labute approximate surface area is 95.1 Å². The summed E-state index contributed by atoms with van der Waals surface area (Å²) in [6, 6.07) is 3.49. The fourth-order valence-corrected chi connectivity index (χ4v) is 2.48. The van der Waals surface area contributed by atoms with Crippen LogP contribution in [0.15, 0.2) is 12.1 Å². The predicted molar refractivity (Wildman–Crippen MR) is 59.6 cm³/mol. The molecule has 0 fully saturated rings. The van der Waals surface area contributed by atoms with Crippen LogP contribution in [-0.4, -0.2) is 26.8 Å². The van der Waals surface area contributed by atoms with Crippen molar-refractivity contribution in [3.8, 4) is 0 Å². The highest BCUT2D eigenvalue weighted by molar-refractivity contribution is 9.09. The van der Waals surface area contributed by atoms with E-state index < -0.39 is 12.2 Å². The number of hydrogen-bond acceptors (Lipinski definition) is 4. The Morgan fingerprint density at radius 2 is 2.07 bits per heavy atom. The second-order valence-electron chi connectivity index (χ2n) is 2.95. The second kappa shape index (κ2) is 5.82. The van der Waals surface area contributed by atoms with Crippen molar-refractivity contribution in [1.82, 2.24) is 0 Å². The predicted octanol–water partition coefficient (Wildman–Crippen LogP) is 1.42. The summed E-state index contributed by atoms with van der Waals surface area (Å²) < 4.78 is 0. The van der Waals surface area contributed by atoms with Crippen LogP contribution in [0.1, 0.15) is 22.3 Å². The molecule has 2 atom stereocenters. The molecule has 3 nitrogen and oxygen atoms in total. The van der Waals surface area contributed by atoms with E-state index in [-0.39, 0.29) is 6.61 Å². The molecule has 1 rings (SSSR count). The molecule has 0 spiro atoms. The van der Waals surface area contributed by atoms with Crippen LogP contribution in [0.25, 0.3) is 0 Å². The van der Waals surface area contributed by atoms with E-state index in [0.717, 1.165) is 4.88 Å². The lowest BCUT2D eigenvalue weighted by Gasteiger charge is -2.14. The Hall–Kier alpha value is 0.0600. The number of aliphatic hydroxyl groups excluding tert-OH is 3. The van der Waals surface area contributed by atoms with Gasteiger partial charge in [0.05, 0.1) is 12.7 Å². The maximum absolute atomic E-state index is 9.69. The number of aliphatic hydroxyl groups is 3. The van der Waals surface area contributed by atoms with Gasteiger partial charge in [0.1, 0.15) is 6.10 Å². The fraction of sp³-hybridized carbons (Fsp3) is 0.556. The minimum absolute atomic E-state index is 0.0219. The summed E-state index contributed by atoms with van der Waals surface area (Å²) in [5.41, 5.74) is 0. The molecular weight excluding hydrogens is 268 g/mol. The molecule has 1 aromatic heterocycles. The number of rotatable bonds is 5. The van der Waals surface area contributed by atoms with Gasteiger partial charge >= 0.3 is 0 Å². The molecule has 0 aromatic carbocycles. The van der Waals surface area contributed by atoms with Crippen LogP contribution in [-0.2, 0) is 6.61 Å². The number of hydrogen-bond donors (Lipinski definition) is 3. The third-order valence-electron chi connectivity index (χ3n) is 1.90. The third kappa shape index (κ3) is 3.03. The van der Waals surface area contributed by atoms with Crippen molar-refractivity contribution in [2.75, 3.05) is 5.33 Å². The van der Waals surface area contributed by atoms with Gasteiger partial charge in [0.15, 0.2) is 0 Å². The molecular formula is C9H13BrO3S. The van der Waals surface area contributed by atoms with E-state index in [1.165, 1.54) is 11.3 Å². The number of thiophene rings is 1. The Morgan fingerprint density at radius 1 is 1.36 bits per heavy atom. The van der Waals surface area contributed by atoms with Gasteiger partial charge < -0.3 is 15.3 Å². The summed E-state index contributed by atoms with van der Waals surface area (Å²) in [5, 5.41) is 28.7. The number of halogens is 1. The van der Waals surface area contributed by atoms with Crippen LogP contribution < -0.4 is 0 Å². The summed E-state index contributed by atoms with van der Waals surface area (Å²) in [7, 11) is 0. The fourth-order valence-electron chi connectivity index (χ4n) is 1.10. The summed E-state index contributed by atoms with van der Waals surface area (Å²) in [5.74, 6) is 0. The molecule has 0 aliphatic rings. The van der Waals surface area contributed by atoms with Crippen LogP contribution >= 0.6 is 27.3 Å². The molecule has 0 amide bonds. The topological polar surface area (TPSA) is 60.7 Å². The summed E-state index contributed by atoms with van der Waals surface area (Å²) in [6.07, 6.45) is -1.09. The SMILES string of the molecule is OCc1ccc(C(O)C(O)CCBr)s1. The van der Waals surface area contributed by atoms with Crippen molar-refractivity contribution >= 4 is 27.3 Å². The molecule has 1 heterocycles. The van der Waals surface area contributed by atoms with Gasteiger partial charge in [-0.1, -0.05) is 15.9 Å². The van der Waals surface area contributed by atoms with Crippen LogP contribution in [0.2, 0.25) is 0 Å². The largest absolute Gasteiger partial charge is 0.391 e. The molecule has 1 aromatic rings. The zero-order chi connectivity index (χ0) is 10.6. The van der Waals surface area contributed by atoms with Gasteiger partial charge in [0.2, 0.25) is 0 Å². The summed E-state index contributed by atoms with van der Waals surface area (Å²) in [4.78, 5) is 1.49. The Balaban J connectivity index is 2.63. The molecule has 0 aliphatic carbocycles. The molecule has 5 heteroatoms. The molecule has 80 valence electrons. The van der Waals surface area contributed by atoms with Crippen LogP contribution in [0.5, 0.6) is 0 Å². The van der Waals surface area contributed by atoms with Gasteiger partial charge in [-0.25, -0.2) is 0 Å². The monoisotopic (exact) mass is 280 g/mol. The van der Waals surface area contributed by atoms with E-state index in [1.807, 2.05) is 0 Å². The highest BCUT2D eigenvalue weighted by Crippen LogP contribution is 2.26. The lowest BCUT2D eigenvalue weighted by atomic mass is 10.1. The first-order valence-electron chi connectivity index (χ1n) is 4.30. The van der Waals surface area contributed by atoms with Gasteiger partial charge in [-0.15, -0.1) is 11.3 Å². The minimum Gasteiger partial charge on any atom is -0.391 e. The Bertz CT molecular complexity index is 277. The summed E-state index contributed by atoms with van der Waals surface area (Å²) in [6.45, 7) is -0.0219. The molecule has 0 saturated heterocycles. The first kappa shape index (κ1) is 12.1. The van der Waals surface area contributed by atoms with Gasteiger partial charge in [-0.05, 0) is 18.6 Å². The van der Waals surface area contributed by atoms with Crippen molar-refractivity contribution in [2.24, 2.45) is 0 Å². The second-order valence-corrected chi connectivity index (χ2v) is 4.94. The lowest BCUT2D eigenvalue weighted by molar-refractivity contribution is 0.0195. The lowest BCUT2D eigenvalue weighted by Crippen LogP contribution is -2.17. The van der Waals surface area contributed by atoms with Gasteiger partial charge in [-0.2, -0.15) is 0 Å². The minimum atomic E-state index is -0.849. The molecule has 0 saturated carbocycles. The zero-order valence-corrected chi connectivity index (χ0v) is 9.96. The highest BCUT2D eigenvalue weighted by atomic mass is 79.9. The Kier molecular flexibility index (Phi) is 5.05. The zero-order valence-electron chi connectivity index (χ0n) is 7.56. The van der Waals surface area contributed by atoms with Crippen molar-refractivity contribution in [3.05, 3.63) is 21.9 Å². The van der Waals surface area contributed by atoms with Gasteiger partial charge in [0, 0.05) is 15.1 Å². The van der Waals surface area contributed by atoms with E-state index >= 15 is 0 Å². The average Bonchev–Trinajstić information content (AvgIpc) is 2.65. The molecule has 0 aliphatic heterocycles.